The van der Waals surface area contributed by atoms with Crippen LogP contribution in [0.3, 0.4) is 0 Å². The summed E-state index contributed by atoms with van der Waals surface area (Å²) < 4.78 is 36.5. The third kappa shape index (κ3) is 5.41. The molecule has 2 bridgehead atoms. The van der Waals surface area contributed by atoms with E-state index in [1.165, 1.54) is 13.8 Å². The lowest BCUT2D eigenvalue weighted by Gasteiger charge is -2.63. The molecule has 4 fully saturated rings. The van der Waals surface area contributed by atoms with Crippen molar-refractivity contribution in [3.05, 3.63) is 82.9 Å². The van der Waals surface area contributed by atoms with Crippen LogP contribution in [0, 0.1) is 11.3 Å². The summed E-state index contributed by atoms with van der Waals surface area (Å²) in [6.45, 7) is 7.26. The van der Waals surface area contributed by atoms with E-state index in [1.807, 2.05) is 30.3 Å². The lowest BCUT2D eigenvalue weighted by molar-refractivity contribution is -0.315. The second-order valence-electron chi connectivity index (χ2n) is 14.8. The zero-order valence-corrected chi connectivity index (χ0v) is 29.2. The van der Waals surface area contributed by atoms with Crippen molar-refractivity contribution in [2.24, 2.45) is 11.3 Å². The van der Waals surface area contributed by atoms with Crippen LogP contribution in [-0.2, 0) is 54.0 Å². The van der Waals surface area contributed by atoms with E-state index in [-0.39, 0.29) is 37.0 Å². The van der Waals surface area contributed by atoms with Crippen molar-refractivity contribution in [3.63, 3.8) is 0 Å². The van der Waals surface area contributed by atoms with Gasteiger partial charge in [0.2, 0.25) is 5.78 Å². The fourth-order valence-electron chi connectivity index (χ4n) is 9.10. The average molecular weight is 703 g/mol. The molecular weight excluding hydrogens is 660 g/mol. The Morgan fingerprint density at radius 3 is 2.18 bits per heavy atom. The molecule has 1 unspecified atom stereocenters. The molecule has 2 aliphatic heterocycles. The molecule has 2 heterocycles. The fraction of sp³-hybridized carbons (Fsp3) is 0.513. The molecule has 1 spiro atoms. The number of fused-ring (bicyclic) bond motifs is 4. The van der Waals surface area contributed by atoms with Gasteiger partial charge in [-0.1, -0.05) is 62.4 Å². The second-order valence-corrected chi connectivity index (χ2v) is 14.8. The molecule has 3 aliphatic carbocycles. The lowest BCUT2D eigenvalue weighted by atomic mass is 9.49. The van der Waals surface area contributed by atoms with Crippen LogP contribution in [0.5, 0.6) is 0 Å². The van der Waals surface area contributed by atoms with Crippen LogP contribution in [0.15, 0.2) is 71.8 Å². The highest BCUT2D eigenvalue weighted by molar-refractivity contribution is 6.00. The van der Waals surface area contributed by atoms with E-state index in [2.05, 4.69) is 0 Å². The zero-order valence-electron chi connectivity index (χ0n) is 29.2. The highest BCUT2D eigenvalue weighted by Gasteiger charge is 2.86. The van der Waals surface area contributed by atoms with Crippen LogP contribution >= 0.6 is 0 Å². The molecular formula is C39H42O12. The first-order valence-corrected chi connectivity index (χ1v) is 17.3. The molecule has 0 amide bonds. The topological polar surface area (TPSA) is 164 Å². The number of benzene rings is 2. The van der Waals surface area contributed by atoms with Crippen molar-refractivity contribution >= 4 is 29.7 Å². The number of hydrogen-bond donors (Lipinski definition) is 1. The van der Waals surface area contributed by atoms with Crippen molar-refractivity contribution in [1.82, 2.24) is 0 Å². The standard InChI is InChI=1S/C39H42O12/c1-21-26(48-29(42)17-16-24-12-8-6-9-13-24)19-38(45)34(49-35(44)25-14-10-7-11-15-25)32-37(50-23(3)41)20-46-27(37)18-28-39(32,51-28)33(43)31(47-22(2)40)30(21)36(38,4)5/h6-15,26-28,31-32,34,45H,16-20H2,1-5H3/t26-,27+,28-,31+,32?,34-,37-,38+,39-/m0/s1. The normalized spacial score (nSPS) is 35.7. The summed E-state index contributed by atoms with van der Waals surface area (Å²) in [5.74, 6) is -4.74. The van der Waals surface area contributed by atoms with Gasteiger partial charge in [-0.05, 0) is 42.2 Å². The summed E-state index contributed by atoms with van der Waals surface area (Å²) in [4.78, 5) is 68.1. The number of ether oxygens (including phenoxy) is 6. The van der Waals surface area contributed by atoms with Crippen molar-refractivity contribution in [3.8, 4) is 0 Å². The van der Waals surface area contributed by atoms with Crippen LogP contribution in [0.1, 0.15) is 69.8 Å². The first-order valence-electron chi connectivity index (χ1n) is 17.3. The third-order valence-corrected chi connectivity index (χ3v) is 11.6. The van der Waals surface area contributed by atoms with Gasteiger partial charge in [0, 0.05) is 38.5 Å². The van der Waals surface area contributed by atoms with Gasteiger partial charge in [-0.3, -0.25) is 19.2 Å². The number of hydrogen-bond acceptors (Lipinski definition) is 12. The van der Waals surface area contributed by atoms with E-state index in [4.69, 9.17) is 28.4 Å². The predicted molar refractivity (Wildman–Crippen MR) is 177 cm³/mol. The van der Waals surface area contributed by atoms with Gasteiger partial charge in [0.1, 0.15) is 23.9 Å². The third-order valence-electron chi connectivity index (χ3n) is 11.6. The molecule has 2 aromatic carbocycles. The van der Waals surface area contributed by atoms with Gasteiger partial charge in [-0.2, -0.15) is 0 Å². The van der Waals surface area contributed by atoms with E-state index < -0.39 is 88.3 Å². The largest absolute Gasteiger partial charge is 0.458 e. The van der Waals surface area contributed by atoms with E-state index in [9.17, 15) is 24.3 Å². The Kier molecular flexibility index (Phi) is 8.51. The monoisotopic (exact) mass is 702 g/mol. The number of carbonyl (C=O) groups is 5. The van der Waals surface area contributed by atoms with Gasteiger partial charge in [0.15, 0.2) is 17.3 Å². The average Bonchev–Trinajstić information content (AvgIpc) is 3.81. The van der Waals surface area contributed by atoms with Gasteiger partial charge in [-0.15, -0.1) is 0 Å². The van der Waals surface area contributed by atoms with Crippen LogP contribution in [0.4, 0.5) is 0 Å². The maximum absolute atomic E-state index is 15.1. The van der Waals surface area contributed by atoms with Crippen molar-refractivity contribution in [2.75, 3.05) is 6.61 Å². The smallest absolute Gasteiger partial charge is 0.338 e. The number of esters is 4. The molecule has 2 saturated heterocycles. The van der Waals surface area contributed by atoms with Crippen molar-refractivity contribution in [1.29, 1.82) is 0 Å². The predicted octanol–water partition coefficient (Wildman–Crippen LogP) is 3.61. The lowest BCUT2D eigenvalue weighted by Crippen LogP contribution is -2.80. The fourth-order valence-corrected chi connectivity index (χ4v) is 9.10. The maximum Gasteiger partial charge on any atom is 0.338 e. The van der Waals surface area contributed by atoms with Crippen molar-refractivity contribution < 1.29 is 57.5 Å². The van der Waals surface area contributed by atoms with Crippen molar-refractivity contribution in [2.45, 2.75) is 108 Å². The first kappa shape index (κ1) is 35.0. The SMILES string of the molecule is CC(=O)O[C@H]1C(=O)[C@]23O[C@H]2C[C@H]2OC[C@@]2(OC(C)=O)C3[C@H](OC(=O)c2ccccc2)[C@]2(O)C[C@H](OC(=O)CCc3ccccc3)C(C)=C1C2(C)C. The number of epoxide rings is 1. The molecule has 0 aromatic heterocycles. The van der Waals surface area contributed by atoms with Gasteiger partial charge >= 0.3 is 23.9 Å². The Bertz CT molecular complexity index is 1800. The summed E-state index contributed by atoms with van der Waals surface area (Å²) in [6.07, 6.45) is -5.45. The van der Waals surface area contributed by atoms with Gasteiger partial charge in [0.05, 0.1) is 24.2 Å². The van der Waals surface area contributed by atoms with Gasteiger partial charge in [0.25, 0.3) is 0 Å². The maximum atomic E-state index is 15.1. The molecule has 2 saturated carbocycles. The van der Waals surface area contributed by atoms with E-state index >= 15 is 4.79 Å². The van der Waals surface area contributed by atoms with E-state index in [0.29, 0.717) is 12.0 Å². The Morgan fingerprint density at radius 1 is 0.902 bits per heavy atom. The second kappa shape index (κ2) is 12.4. The Balaban J connectivity index is 1.40. The molecule has 7 rings (SSSR count). The number of aliphatic hydroxyl groups is 1. The Hall–Kier alpha value is -4.39. The summed E-state index contributed by atoms with van der Waals surface area (Å²) >= 11 is 0. The van der Waals surface area contributed by atoms with Crippen LogP contribution in [0.25, 0.3) is 0 Å². The Labute approximate surface area is 295 Å². The Morgan fingerprint density at radius 2 is 1.57 bits per heavy atom. The minimum Gasteiger partial charge on any atom is -0.458 e. The van der Waals surface area contributed by atoms with Crippen LogP contribution in [0.2, 0.25) is 0 Å². The number of ketones is 1. The molecule has 1 N–H and O–H groups in total. The summed E-state index contributed by atoms with van der Waals surface area (Å²) in [5.41, 5.74) is -5.16. The first-order chi connectivity index (χ1) is 24.2. The molecule has 51 heavy (non-hydrogen) atoms. The van der Waals surface area contributed by atoms with Gasteiger partial charge < -0.3 is 33.5 Å². The molecule has 9 atom stereocenters. The summed E-state index contributed by atoms with van der Waals surface area (Å²) in [6, 6.07) is 17.6. The summed E-state index contributed by atoms with van der Waals surface area (Å²) in [7, 11) is 0. The van der Waals surface area contributed by atoms with Crippen LogP contribution < -0.4 is 0 Å². The number of aryl methyl sites for hydroxylation is 1. The zero-order chi connectivity index (χ0) is 36.5. The molecule has 0 radical (unpaired) electrons. The van der Waals surface area contributed by atoms with Gasteiger partial charge in [-0.25, -0.2) is 4.79 Å². The minimum atomic E-state index is -2.12. The molecule has 12 nitrogen and oxygen atoms in total. The minimum absolute atomic E-state index is 0.0273. The number of Topliss-reactive ketones (excluding diaryl/α,β-unsaturated/α-hetero) is 1. The van der Waals surface area contributed by atoms with E-state index in [1.54, 1.807) is 51.1 Å². The molecule has 270 valence electrons. The van der Waals surface area contributed by atoms with E-state index in [0.717, 1.165) is 5.56 Å². The highest BCUT2D eigenvalue weighted by Crippen LogP contribution is 2.67. The molecule has 5 aliphatic rings. The molecule has 2 aromatic rings. The summed E-state index contributed by atoms with van der Waals surface area (Å²) in [5, 5.41) is 13.4. The number of carbonyl (C=O) groups excluding carboxylic acids is 5. The quantitative estimate of drug-likeness (QED) is 0.184. The molecule has 12 heteroatoms. The van der Waals surface area contributed by atoms with Crippen LogP contribution in [-0.4, -0.2) is 88.7 Å². The number of rotatable bonds is 8. The highest BCUT2D eigenvalue weighted by atomic mass is 16.7.